The summed E-state index contributed by atoms with van der Waals surface area (Å²) >= 11 is 0. The van der Waals surface area contributed by atoms with Crippen LogP contribution in [0.3, 0.4) is 0 Å². The Labute approximate surface area is 499 Å². The molecule has 0 fully saturated rings. The average molecular weight is 1090 g/mol. The van der Waals surface area contributed by atoms with Gasteiger partial charge in [0.15, 0.2) is 0 Å². The molecule has 15 aromatic rings. The quantitative estimate of drug-likeness (QED) is 0.161. The van der Waals surface area contributed by atoms with E-state index >= 15 is 0 Å². The van der Waals surface area contributed by atoms with E-state index in [0.29, 0.717) is 0 Å². The highest BCUT2D eigenvalue weighted by Crippen LogP contribution is 2.66. The summed E-state index contributed by atoms with van der Waals surface area (Å²) in [7, 11) is 0. The fourth-order valence-electron chi connectivity index (χ4n) is 16.4. The lowest BCUT2D eigenvalue weighted by atomic mass is 9.65. The lowest BCUT2D eigenvalue weighted by molar-refractivity contribution is 0.749. The first kappa shape index (κ1) is 47.4. The van der Waals surface area contributed by atoms with E-state index in [0.717, 1.165) is 28.2 Å². The van der Waals surface area contributed by atoms with E-state index in [9.17, 15) is 0 Å². The molecule has 3 aliphatic carbocycles. The summed E-state index contributed by atoms with van der Waals surface area (Å²) in [5.41, 5.74) is 31.5. The standard InChI is InChI=1S/C84H52N2/c1-2-21-53(22-3-1)54-23-18-24-59(50-54)61-25-8-15-39-77(61)85(80-42-20-37-74-81(80)68-30-7-13-35-72(68)83(74)69-32-10-4-26-62(69)63-27-5-11-33-70(63)83)60-47-45-56-49-55(43-44-57(56)51-60)58-46-48-65-64-28-6-12-34-71(64)84(76(65)52-58)73-36-14-17-41-79(73)86-78-40-16-9-29-66(78)67-31-19-38-75(84)82(67)86/h1-52H. The normalized spacial score (nSPS) is 14.9. The van der Waals surface area contributed by atoms with Crippen molar-refractivity contribution in [2.75, 3.05) is 4.90 Å². The SMILES string of the molecule is c1ccc(-c2cccc(-c3ccccc3N(c3ccc4cc(-c5ccc6c(c5)C5(c7ccccc7-6)c6ccccc6-n6c7ccccc7c7cccc5c76)ccc4c3)c3cccc4c3-c3ccccc3C43c4ccccc4-c4ccccc43)c2)cc1. The van der Waals surface area contributed by atoms with Crippen LogP contribution in [0.1, 0.15) is 44.5 Å². The van der Waals surface area contributed by atoms with E-state index in [2.05, 4.69) is 325 Å². The lowest BCUT2D eigenvalue weighted by Crippen LogP contribution is -2.33. The second-order valence-electron chi connectivity index (χ2n) is 23.8. The smallest absolute Gasteiger partial charge is 0.0754 e. The molecule has 2 nitrogen and oxygen atoms in total. The zero-order valence-corrected chi connectivity index (χ0v) is 46.9. The minimum atomic E-state index is -0.529. The molecule has 1 atom stereocenters. The highest BCUT2D eigenvalue weighted by Gasteiger charge is 2.53. The van der Waals surface area contributed by atoms with E-state index in [1.807, 2.05) is 0 Å². The van der Waals surface area contributed by atoms with Crippen LogP contribution in [-0.4, -0.2) is 4.57 Å². The third kappa shape index (κ3) is 6.19. The minimum Gasteiger partial charge on any atom is -0.309 e. The number of para-hydroxylation sites is 4. The second-order valence-corrected chi connectivity index (χ2v) is 23.8. The highest BCUT2D eigenvalue weighted by atomic mass is 15.1. The van der Waals surface area contributed by atoms with Crippen molar-refractivity contribution in [3.05, 3.63) is 360 Å². The van der Waals surface area contributed by atoms with Gasteiger partial charge in [0.2, 0.25) is 0 Å². The second kappa shape index (κ2) is 17.7. The molecule has 0 saturated heterocycles. The number of fused-ring (bicyclic) bond motifs is 23. The first-order valence-electron chi connectivity index (χ1n) is 30.1. The molecular weight excluding hydrogens is 1040 g/mol. The largest absolute Gasteiger partial charge is 0.309 e. The van der Waals surface area contributed by atoms with Crippen molar-refractivity contribution >= 4 is 49.6 Å². The predicted molar refractivity (Wildman–Crippen MR) is 356 cm³/mol. The Bertz CT molecular complexity index is 5340. The number of nitrogens with zero attached hydrogens (tertiary/aromatic N) is 2. The van der Waals surface area contributed by atoms with Gasteiger partial charge in [0.1, 0.15) is 0 Å². The maximum absolute atomic E-state index is 2.55. The van der Waals surface area contributed by atoms with Crippen LogP contribution in [0.25, 0.3) is 105 Å². The predicted octanol–water partition coefficient (Wildman–Crippen LogP) is 21.4. The number of anilines is 3. The first-order valence-corrected chi connectivity index (χ1v) is 30.1. The molecule has 0 N–H and O–H groups in total. The Morgan fingerprint density at radius 2 is 0.744 bits per heavy atom. The summed E-state index contributed by atoms with van der Waals surface area (Å²) in [5, 5.41) is 4.93. The van der Waals surface area contributed by atoms with Crippen molar-refractivity contribution < 1.29 is 0 Å². The topological polar surface area (TPSA) is 8.17 Å². The van der Waals surface area contributed by atoms with E-state index in [1.54, 1.807) is 0 Å². The van der Waals surface area contributed by atoms with Crippen molar-refractivity contribution in [3.63, 3.8) is 0 Å². The molecule has 0 saturated carbocycles. The van der Waals surface area contributed by atoms with Gasteiger partial charge in [-0.25, -0.2) is 0 Å². The Morgan fingerprint density at radius 3 is 1.52 bits per heavy atom. The van der Waals surface area contributed by atoms with Gasteiger partial charge < -0.3 is 9.47 Å². The number of benzene rings is 14. The molecule has 14 aromatic carbocycles. The van der Waals surface area contributed by atoms with Gasteiger partial charge in [-0.15, -0.1) is 0 Å². The van der Waals surface area contributed by atoms with Crippen LogP contribution in [0, 0.1) is 0 Å². The maximum Gasteiger partial charge on any atom is 0.0754 e. The van der Waals surface area contributed by atoms with Gasteiger partial charge in [0.25, 0.3) is 0 Å². The summed E-state index contributed by atoms with van der Waals surface area (Å²) in [4.78, 5) is 2.55. The van der Waals surface area contributed by atoms with Crippen LogP contribution in [-0.2, 0) is 10.8 Å². The van der Waals surface area contributed by atoms with Crippen molar-refractivity contribution in [2.45, 2.75) is 10.8 Å². The first-order chi connectivity index (χ1) is 42.7. The van der Waals surface area contributed by atoms with Crippen LogP contribution in [0.5, 0.6) is 0 Å². The summed E-state index contributed by atoms with van der Waals surface area (Å²) in [6.07, 6.45) is 0. The Hall–Kier alpha value is -11.1. The van der Waals surface area contributed by atoms with Crippen LogP contribution in [0.4, 0.5) is 17.1 Å². The number of hydrogen-bond acceptors (Lipinski definition) is 1. The molecular formula is C84H52N2. The fourth-order valence-corrected chi connectivity index (χ4v) is 16.4. The van der Waals surface area contributed by atoms with Crippen molar-refractivity contribution in [1.29, 1.82) is 0 Å². The molecule has 398 valence electrons. The zero-order valence-electron chi connectivity index (χ0n) is 46.9. The van der Waals surface area contributed by atoms with E-state index in [1.165, 1.54) is 138 Å². The third-order valence-electron chi connectivity index (χ3n) is 19.8. The summed E-state index contributed by atoms with van der Waals surface area (Å²) < 4.78 is 2.53. The minimum absolute atomic E-state index is 0.488. The summed E-state index contributed by atoms with van der Waals surface area (Å²) in [6, 6.07) is 119. The monoisotopic (exact) mass is 1090 g/mol. The molecule has 1 unspecified atom stereocenters. The molecule has 2 heteroatoms. The maximum atomic E-state index is 2.55. The number of rotatable bonds is 6. The Kier molecular flexibility index (Phi) is 9.78. The third-order valence-corrected chi connectivity index (χ3v) is 19.8. The fraction of sp³-hybridized carbons (Fsp3) is 0.0238. The molecule has 1 aromatic heterocycles. The number of hydrogen-bond donors (Lipinski definition) is 0. The van der Waals surface area contributed by atoms with E-state index in [-0.39, 0.29) is 0 Å². The molecule has 2 spiro atoms. The van der Waals surface area contributed by atoms with Crippen LogP contribution in [0.2, 0.25) is 0 Å². The summed E-state index contributed by atoms with van der Waals surface area (Å²) in [5.74, 6) is 0. The molecule has 0 amide bonds. The van der Waals surface area contributed by atoms with Gasteiger partial charge in [-0.05, 0) is 166 Å². The Morgan fingerprint density at radius 1 is 0.256 bits per heavy atom. The lowest BCUT2D eigenvalue weighted by Gasteiger charge is -2.39. The molecule has 0 bridgehead atoms. The van der Waals surface area contributed by atoms with Gasteiger partial charge in [-0.2, -0.15) is 0 Å². The molecule has 86 heavy (non-hydrogen) atoms. The van der Waals surface area contributed by atoms with Crippen LogP contribution in [0.15, 0.2) is 315 Å². The molecule has 4 aliphatic rings. The Balaban J connectivity index is 0.802. The zero-order chi connectivity index (χ0) is 56.2. The van der Waals surface area contributed by atoms with Gasteiger partial charge in [0, 0.05) is 27.6 Å². The highest BCUT2D eigenvalue weighted by molar-refractivity contribution is 6.13. The van der Waals surface area contributed by atoms with Crippen molar-refractivity contribution in [2.24, 2.45) is 0 Å². The van der Waals surface area contributed by atoms with Gasteiger partial charge in [0.05, 0.1) is 38.9 Å². The van der Waals surface area contributed by atoms with Gasteiger partial charge >= 0.3 is 0 Å². The van der Waals surface area contributed by atoms with Crippen LogP contribution >= 0.6 is 0 Å². The molecule has 2 heterocycles. The average Bonchev–Trinajstić information content (AvgIpc) is 1.53. The molecule has 0 radical (unpaired) electrons. The molecule has 1 aliphatic heterocycles. The van der Waals surface area contributed by atoms with Crippen molar-refractivity contribution in [1.82, 2.24) is 4.57 Å². The van der Waals surface area contributed by atoms with Gasteiger partial charge in [-0.3, -0.25) is 0 Å². The van der Waals surface area contributed by atoms with E-state index in [4.69, 9.17) is 0 Å². The van der Waals surface area contributed by atoms with Crippen LogP contribution < -0.4 is 4.90 Å². The molecule has 19 rings (SSSR count). The van der Waals surface area contributed by atoms with Crippen molar-refractivity contribution in [3.8, 4) is 72.4 Å². The number of aromatic nitrogens is 1. The van der Waals surface area contributed by atoms with Gasteiger partial charge in [-0.1, -0.05) is 261 Å². The summed E-state index contributed by atoms with van der Waals surface area (Å²) in [6.45, 7) is 0. The van der Waals surface area contributed by atoms with E-state index < -0.39 is 10.8 Å².